The van der Waals surface area contributed by atoms with Gasteiger partial charge in [-0.15, -0.1) is 0 Å². The molecule has 3 atom stereocenters. The molecule has 1 saturated carbocycles. The van der Waals surface area contributed by atoms with Gasteiger partial charge in [-0.05, 0) is 51.9 Å². The number of carbonyl (C=O) groups is 2. The molecule has 0 aliphatic heterocycles. The summed E-state index contributed by atoms with van der Waals surface area (Å²) in [5, 5.41) is 0. The molecule has 0 radical (unpaired) electrons. The van der Waals surface area contributed by atoms with Crippen LogP contribution < -0.4 is 0 Å². The van der Waals surface area contributed by atoms with Gasteiger partial charge >= 0.3 is 5.97 Å². The number of ketones is 1. The van der Waals surface area contributed by atoms with Crippen LogP contribution in [0.25, 0.3) is 0 Å². The Morgan fingerprint density at radius 1 is 1.15 bits per heavy atom. The minimum atomic E-state index is -1.12. The minimum Gasteiger partial charge on any atom is -0.465 e. The van der Waals surface area contributed by atoms with Crippen molar-refractivity contribution < 1.29 is 19.1 Å². The molecule has 1 aliphatic rings. The second-order valence-corrected chi connectivity index (χ2v) is 6.47. The number of esters is 1. The van der Waals surface area contributed by atoms with Gasteiger partial charge in [0.15, 0.2) is 5.78 Å². The molecule has 0 spiro atoms. The fourth-order valence-electron chi connectivity index (χ4n) is 2.45. The Kier molecular flexibility index (Phi) is 6.18. The monoisotopic (exact) mass is 284 g/mol. The second-order valence-electron chi connectivity index (χ2n) is 6.47. The SMILES string of the molecule is CCOC(=O)C(C)(C)C(=O)COC1CCC(C)C(C)C1. The third-order valence-corrected chi connectivity index (χ3v) is 4.48. The standard InChI is InChI=1S/C16H28O4/c1-6-19-15(18)16(4,5)14(17)10-20-13-8-7-11(2)12(3)9-13/h11-13H,6-10H2,1-5H3. The van der Waals surface area contributed by atoms with E-state index in [4.69, 9.17) is 9.47 Å². The molecule has 0 bridgehead atoms. The van der Waals surface area contributed by atoms with Gasteiger partial charge in [-0.2, -0.15) is 0 Å². The maximum absolute atomic E-state index is 12.1. The van der Waals surface area contributed by atoms with E-state index in [0.29, 0.717) is 5.92 Å². The van der Waals surface area contributed by atoms with E-state index >= 15 is 0 Å². The molecule has 0 saturated heterocycles. The van der Waals surface area contributed by atoms with Crippen LogP contribution in [0.4, 0.5) is 0 Å². The molecule has 1 fully saturated rings. The van der Waals surface area contributed by atoms with Gasteiger partial charge in [-0.1, -0.05) is 13.8 Å². The zero-order chi connectivity index (χ0) is 15.3. The van der Waals surface area contributed by atoms with Crippen molar-refractivity contribution in [2.45, 2.75) is 60.0 Å². The lowest BCUT2D eigenvalue weighted by Crippen LogP contribution is -2.39. The highest BCUT2D eigenvalue weighted by Gasteiger charge is 2.37. The van der Waals surface area contributed by atoms with Gasteiger partial charge in [0, 0.05) is 0 Å². The lowest BCUT2D eigenvalue weighted by atomic mass is 9.80. The Labute approximate surface area is 122 Å². The Morgan fingerprint density at radius 3 is 2.35 bits per heavy atom. The molecule has 0 N–H and O–H groups in total. The summed E-state index contributed by atoms with van der Waals surface area (Å²) in [4.78, 5) is 23.9. The summed E-state index contributed by atoms with van der Waals surface area (Å²) < 4.78 is 10.7. The molecule has 3 unspecified atom stereocenters. The molecule has 20 heavy (non-hydrogen) atoms. The largest absolute Gasteiger partial charge is 0.465 e. The van der Waals surface area contributed by atoms with E-state index in [-0.39, 0.29) is 25.1 Å². The number of ether oxygens (including phenoxy) is 2. The van der Waals surface area contributed by atoms with Gasteiger partial charge in [0.05, 0.1) is 12.7 Å². The van der Waals surface area contributed by atoms with Crippen LogP contribution >= 0.6 is 0 Å². The van der Waals surface area contributed by atoms with Crippen LogP contribution in [0.3, 0.4) is 0 Å². The third kappa shape index (κ3) is 4.30. The van der Waals surface area contributed by atoms with Crippen molar-refractivity contribution >= 4 is 11.8 Å². The molecule has 0 amide bonds. The van der Waals surface area contributed by atoms with E-state index in [1.54, 1.807) is 20.8 Å². The second kappa shape index (κ2) is 7.21. The highest BCUT2D eigenvalue weighted by molar-refractivity contribution is 6.03. The van der Waals surface area contributed by atoms with Crippen LogP contribution in [0.5, 0.6) is 0 Å². The van der Waals surface area contributed by atoms with E-state index in [1.807, 2.05) is 0 Å². The van der Waals surface area contributed by atoms with E-state index in [9.17, 15) is 9.59 Å². The van der Waals surface area contributed by atoms with Gasteiger partial charge in [0.2, 0.25) is 0 Å². The number of carbonyl (C=O) groups excluding carboxylic acids is 2. The highest BCUT2D eigenvalue weighted by Crippen LogP contribution is 2.31. The molecule has 4 heteroatoms. The van der Waals surface area contributed by atoms with Gasteiger partial charge in [0.1, 0.15) is 12.0 Å². The van der Waals surface area contributed by atoms with Crippen molar-refractivity contribution in [2.24, 2.45) is 17.3 Å². The van der Waals surface area contributed by atoms with Gasteiger partial charge in [-0.3, -0.25) is 9.59 Å². The summed E-state index contributed by atoms with van der Waals surface area (Å²) >= 11 is 0. The average molecular weight is 284 g/mol. The normalized spacial score (nSPS) is 27.1. The Balaban J connectivity index is 2.45. The van der Waals surface area contributed by atoms with Crippen molar-refractivity contribution in [1.29, 1.82) is 0 Å². The first-order valence-electron chi connectivity index (χ1n) is 7.61. The highest BCUT2D eigenvalue weighted by atomic mass is 16.5. The lowest BCUT2D eigenvalue weighted by Gasteiger charge is -2.32. The fraction of sp³-hybridized carbons (Fsp3) is 0.875. The Bertz CT molecular complexity index is 348. The van der Waals surface area contributed by atoms with E-state index in [1.165, 1.54) is 0 Å². The summed E-state index contributed by atoms with van der Waals surface area (Å²) in [5.74, 6) is 0.671. The van der Waals surface area contributed by atoms with Gasteiger partial charge in [0.25, 0.3) is 0 Å². The molecule has 0 aromatic rings. The fourth-order valence-corrected chi connectivity index (χ4v) is 2.45. The quantitative estimate of drug-likeness (QED) is 0.556. The minimum absolute atomic E-state index is 0.00240. The van der Waals surface area contributed by atoms with Crippen molar-refractivity contribution in [3.8, 4) is 0 Å². The Hall–Kier alpha value is -0.900. The maximum atomic E-state index is 12.1. The van der Waals surface area contributed by atoms with Crippen LogP contribution in [0, 0.1) is 17.3 Å². The number of hydrogen-bond acceptors (Lipinski definition) is 4. The van der Waals surface area contributed by atoms with Gasteiger partial charge in [-0.25, -0.2) is 0 Å². The zero-order valence-electron chi connectivity index (χ0n) is 13.4. The number of rotatable bonds is 6. The summed E-state index contributed by atoms with van der Waals surface area (Å²) in [6, 6.07) is 0. The first-order chi connectivity index (χ1) is 9.28. The predicted octanol–water partition coefficient (Wildman–Crippen LogP) is 2.99. The van der Waals surface area contributed by atoms with Crippen molar-refractivity contribution in [3.63, 3.8) is 0 Å². The molecular weight excluding hydrogens is 256 g/mol. The molecule has 0 aromatic carbocycles. The lowest BCUT2D eigenvalue weighted by molar-refractivity contribution is -0.160. The molecule has 1 rings (SSSR count). The summed E-state index contributed by atoms with van der Waals surface area (Å²) in [7, 11) is 0. The maximum Gasteiger partial charge on any atom is 0.319 e. The summed E-state index contributed by atoms with van der Waals surface area (Å²) in [5.41, 5.74) is -1.12. The van der Waals surface area contributed by atoms with Crippen molar-refractivity contribution in [2.75, 3.05) is 13.2 Å². The number of hydrogen-bond donors (Lipinski definition) is 0. The average Bonchev–Trinajstić information content (AvgIpc) is 2.39. The van der Waals surface area contributed by atoms with Crippen molar-refractivity contribution in [1.82, 2.24) is 0 Å². The van der Waals surface area contributed by atoms with Crippen LogP contribution in [-0.2, 0) is 19.1 Å². The van der Waals surface area contributed by atoms with Gasteiger partial charge < -0.3 is 9.47 Å². The first-order valence-corrected chi connectivity index (χ1v) is 7.61. The van der Waals surface area contributed by atoms with E-state index in [2.05, 4.69) is 13.8 Å². The molecule has 0 aromatic heterocycles. The third-order valence-electron chi connectivity index (χ3n) is 4.48. The molecule has 1 aliphatic carbocycles. The van der Waals surface area contributed by atoms with Crippen LogP contribution in [-0.4, -0.2) is 31.1 Å². The van der Waals surface area contributed by atoms with Crippen LogP contribution in [0.1, 0.15) is 53.9 Å². The first kappa shape index (κ1) is 17.2. The van der Waals surface area contributed by atoms with Crippen LogP contribution in [0.15, 0.2) is 0 Å². The zero-order valence-corrected chi connectivity index (χ0v) is 13.4. The molecule has 0 heterocycles. The topological polar surface area (TPSA) is 52.6 Å². The molecule has 116 valence electrons. The predicted molar refractivity (Wildman–Crippen MR) is 77.3 cm³/mol. The van der Waals surface area contributed by atoms with E-state index in [0.717, 1.165) is 25.2 Å². The molecular formula is C16H28O4. The number of Topliss-reactive ketones (excluding diaryl/α,β-unsaturated/α-hetero) is 1. The molecule has 4 nitrogen and oxygen atoms in total. The van der Waals surface area contributed by atoms with Crippen molar-refractivity contribution in [3.05, 3.63) is 0 Å². The van der Waals surface area contributed by atoms with E-state index < -0.39 is 11.4 Å². The summed E-state index contributed by atoms with van der Waals surface area (Å²) in [6.07, 6.45) is 3.27. The summed E-state index contributed by atoms with van der Waals surface area (Å²) in [6.45, 7) is 9.70. The smallest absolute Gasteiger partial charge is 0.319 e. The Morgan fingerprint density at radius 2 is 1.80 bits per heavy atom. The van der Waals surface area contributed by atoms with Crippen LogP contribution in [0.2, 0.25) is 0 Å².